The second-order valence-corrected chi connectivity index (χ2v) is 7.81. The van der Waals surface area contributed by atoms with Crippen molar-refractivity contribution in [3.63, 3.8) is 0 Å². The molecule has 1 nitrogen and oxygen atoms in total. The van der Waals surface area contributed by atoms with Crippen LogP contribution in [0.25, 0.3) is 10.2 Å². The van der Waals surface area contributed by atoms with E-state index in [4.69, 9.17) is 4.98 Å². The van der Waals surface area contributed by atoms with Crippen LogP contribution in [0.3, 0.4) is 0 Å². The lowest BCUT2D eigenvalue weighted by atomic mass is 9.85. The van der Waals surface area contributed by atoms with Crippen LogP contribution in [0.1, 0.15) is 31.2 Å². The van der Waals surface area contributed by atoms with Crippen LogP contribution in [0.4, 0.5) is 0 Å². The van der Waals surface area contributed by atoms with E-state index < -0.39 is 0 Å². The van der Waals surface area contributed by atoms with Gasteiger partial charge < -0.3 is 0 Å². The summed E-state index contributed by atoms with van der Waals surface area (Å²) in [5.74, 6) is 0. The minimum absolute atomic E-state index is 0.446. The minimum atomic E-state index is 0.446. The second-order valence-electron chi connectivity index (χ2n) is 5.40. The Morgan fingerprint density at radius 2 is 2.29 bits per heavy atom. The molecule has 2 unspecified atom stereocenters. The maximum atomic E-state index is 4.75. The van der Waals surface area contributed by atoms with Gasteiger partial charge in [0.1, 0.15) is 0 Å². The van der Waals surface area contributed by atoms with Crippen LogP contribution in [0.2, 0.25) is 0 Å². The lowest BCUT2D eigenvalue weighted by Crippen LogP contribution is -2.15. The maximum Gasteiger partial charge on any atom is 0.0944 e. The molecule has 90 valence electrons. The van der Waals surface area contributed by atoms with Crippen molar-refractivity contribution in [2.75, 3.05) is 0 Å². The van der Waals surface area contributed by atoms with E-state index in [-0.39, 0.29) is 0 Å². The van der Waals surface area contributed by atoms with Gasteiger partial charge in [-0.1, -0.05) is 35.0 Å². The molecule has 0 spiro atoms. The van der Waals surface area contributed by atoms with Gasteiger partial charge in [-0.3, -0.25) is 0 Å². The highest BCUT2D eigenvalue weighted by Crippen LogP contribution is 2.44. The highest BCUT2D eigenvalue weighted by atomic mass is 79.9. The number of fused-ring (bicyclic) bond motifs is 1. The van der Waals surface area contributed by atoms with Crippen molar-refractivity contribution in [2.24, 2.45) is 5.41 Å². The first-order valence-corrected chi connectivity index (χ1v) is 7.86. The van der Waals surface area contributed by atoms with Gasteiger partial charge in [0.15, 0.2) is 0 Å². The van der Waals surface area contributed by atoms with E-state index in [2.05, 4.69) is 47.1 Å². The molecule has 0 saturated heterocycles. The molecular weight excluding hydrogens is 294 g/mol. The molecule has 3 heteroatoms. The quantitative estimate of drug-likeness (QED) is 0.727. The zero-order chi connectivity index (χ0) is 11.9. The number of aromatic nitrogens is 1. The molecule has 0 aliphatic heterocycles. The van der Waals surface area contributed by atoms with E-state index in [9.17, 15) is 0 Å². The normalized spacial score (nSPS) is 28.9. The minimum Gasteiger partial charge on any atom is -0.241 e. The van der Waals surface area contributed by atoms with Crippen LogP contribution in [0.5, 0.6) is 0 Å². The van der Waals surface area contributed by atoms with Crippen LogP contribution in [0.15, 0.2) is 24.3 Å². The summed E-state index contributed by atoms with van der Waals surface area (Å²) in [7, 11) is 0. The monoisotopic (exact) mass is 309 g/mol. The molecule has 0 N–H and O–H groups in total. The molecule has 1 aliphatic rings. The van der Waals surface area contributed by atoms with E-state index in [1.54, 1.807) is 0 Å². The smallest absolute Gasteiger partial charge is 0.0944 e. The first-order chi connectivity index (χ1) is 8.15. The van der Waals surface area contributed by atoms with Crippen LogP contribution in [-0.4, -0.2) is 9.81 Å². The Bertz CT molecular complexity index is 503. The molecule has 3 rings (SSSR count). The summed E-state index contributed by atoms with van der Waals surface area (Å²) in [5, 5.41) is 1.30. The third kappa shape index (κ3) is 2.41. The van der Waals surface area contributed by atoms with Gasteiger partial charge in [-0.15, -0.1) is 11.3 Å². The summed E-state index contributed by atoms with van der Waals surface area (Å²) >= 11 is 5.60. The number of nitrogens with zero attached hydrogens (tertiary/aromatic N) is 1. The number of alkyl halides is 1. The Kier molecular flexibility index (Phi) is 2.99. The summed E-state index contributed by atoms with van der Waals surface area (Å²) in [4.78, 5) is 5.46. The molecule has 1 saturated carbocycles. The van der Waals surface area contributed by atoms with Crippen LogP contribution >= 0.6 is 27.3 Å². The average Bonchev–Trinajstić information content (AvgIpc) is 2.81. The second kappa shape index (κ2) is 4.36. The predicted molar refractivity (Wildman–Crippen MR) is 78.0 cm³/mol. The van der Waals surface area contributed by atoms with Crippen LogP contribution in [-0.2, 0) is 6.42 Å². The Labute approximate surface area is 114 Å². The summed E-state index contributed by atoms with van der Waals surface area (Å²) < 4.78 is 1.32. The van der Waals surface area contributed by atoms with E-state index in [1.165, 1.54) is 29.0 Å². The highest BCUT2D eigenvalue weighted by molar-refractivity contribution is 9.09. The van der Waals surface area contributed by atoms with Crippen LogP contribution < -0.4 is 0 Å². The number of rotatable bonds is 2. The number of hydrogen-bond donors (Lipinski definition) is 0. The average molecular weight is 310 g/mol. The lowest BCUT2D eigenvalue weighted by molar-refractivity contribution is 0.335. The third-order valence-corrected chi connectivity index (χ3v) is 5.51. The van der Waals surface area contributed by atoms with Crippen molar-refractivity contribution >= 4 is 37.5 Å². The Hall–Kier alpha value is -0.410. The largest absolute Gasteiger partial charge is 0.241 e. The standard InChI is InChI=1S/C14H16BrNS/c1-14(7-6-10(15)8-14)9-13-16-11-4-2-3-5-12(11)17-13/h2-5,10H,6-9H2,1H3. The summed E-state index contributed by atoms with van der Waals surface area (Å²) in [5.41, 5.74) is 1.60. The van der Waals surface area contributed by atoms with E-state index in [0.29, 0.717) is 10.2 Å². The third-order valence-electron chi connectivity index (χ3n) is 3.69. The zero-order valence-corrected chi connectivity index (χ0v) is 12.4. The number of para-hydroxylation sites is 1. The van der Waals surface area contributed by atoms with Gasteiger partial charge in [0, 0.05) is 11.2 Å². The van der Waals surface area contributed by atoms with Crippen molar-refractivity contribution in [2.45, 2.75) is 37.4 Å². The Balaban J connectivity index is 1.85. The number of hydrogen-bond acceptors (Lipinski definition) is 2. The number of halogens is 1. The van der Waals surface area contributed by atoms with Gasteiger partial charge >= 0.3 is 0 Å². The fourth-order valence-electron chi connectivity index (χ4n) is 2.77. The van der Waals surface area contributed by atoms with Gasteiger partial charge in [-0.2, -0.15) is 0 Å². The zero-order valence-electron chi connectivity index (χ0n) is 9.95. The fraction of sp³-hybridized carbons (Fsp3) is 0.500. The molecule has 0 radical (unpaired) electrons. The summed E-state index contributed by atoms with van der Waals surface area (Å²) in [6.07, 6.45) is 5.04. The predicted octanol–water partition coefficient (Wildman–Crippen LogP) is 4.79. The first kappa shape index (κ1) is 11.7. The number of thiazole rings is 1. The van der Waals surface area contributed by atoms with Gasteiger partial charge in [-0.05, 0) is 36.8 Å². The Morgan fingerprint density at radius 3 is 3.00 bits per heavy atom. The molecule has 0 amide bonds. The molecule has 1 heterocycles. The van der Waals surface area contributed by atoms with Crippen molar-refractivity contribution in [3.05, 3.63) is 29.3 Å². The molecule has 1 aromatic carbocycles. The van der Waals surface area contributed by atoms with Crippen molar-refractivity contribution in [3.8, 4) is 0 Å². The lowest BCUT2D eigenvalue weighted by Gasteiger charge is -2.21. The van der Waals surface area contributed by atoms with Crippen molar-refractivity contribution in [1.82, 2.24) is 4.98 Å². The molecule has 17 heavy (non-hydrogen) atoms. The molecule has 0 bridgehead atoms. The molecule has 1 fully saturated rings. The molecule has 2 atom stereocenters. The van der Waals surface area contributed by atoms with Crippen molar-refractivity contribution in [1.29, 1.82) is 0 Å². The van der Waals surface area contributed by atoms with E-state index >= 15 is 0 Å². The SMILES string of the molecule is CC1(Cc2nc3ccccc3s2)CCC(Br)C1. The van der Waals surface area contributed by atoms with E-state index in [1.807, 2.05) is 11.3 Å². The fourth-order valence-corrected chi connectivity index (χ4v) is 4.96. The van der Waals surface area contributed by atoms with Gasteiger partial charge in [0.2, 0.25) is 0 Å². The molecule has 1 aromatic heterocycles. The van der Waals surface area contributed by atoms with Gasteiger partial charge in [-0.25, -0.2) is 4.98 Å². The molecular formula is C14H16BrNS. The highest BCUT2D eigenvalue weighted by Gasteiger charge is 2.34. The topological polar surface area (TPSA) is 12.9 Å². The first-order valence-electron chi connectivity index (χ1n) is 6.13. The molecule has 2 aromatic rings. The van der Waals surface area contributed by atoms with Gasteiger partial charge in [0.25, 0.3) is 0 Å². The summed E-state index contributed by atoms with van der Waals surface area (Å²) in [6.45, 7) is 2.40. The van der Waals surface area contributed by atoms with Crippen LogP contribution in [0, 0.1) is 5.41 Å². The summed E-state index contributed by atoms with van der Waals surface area (Å²) in [6, 6.07) is 8.44. The van der Waals surface area contributed by atoms with E-state index in [0.717, 1.165) is 11.9 Å². The van der Waals surface area contributed by atoms with Crippen molar-refractivity contribution < 1.29 is 0 Å². The Morgan fingerprint density at radius 1 is 1.47 bits per heavy atom. The maximum absolute atomic E-state index is 4.75. The number of benzene rings is 1. The van der Waals surface area contributed by atoms with Gasteiger partial charge in [0.05, 0.1) is 15.2 Å². The molecule has 1 aliphatic carbocycles.